The van der Waals surface area contributed by atoms with Crippen molar-refractivity contribution < 1.29 is 0 Å². The minimum Gasteiger partial charge on any atom is -0.313 e. The zero-order valence-corrected chi connectivity index (χ0v) is 13.4. The Morgan fingerprint density at radius 1 is 1.28 bits per heavy atom. The fraction of sp³-hybridized carbons (Fsp3) is 0.333. The smallest absolute Gasteiger partial charge is 0.0368 e. The molecule has 1 unspecified atom stereocenters. The van der Waals surface area contributed by atoms with Crippen LogP contribution in [0.25, 0.3) is 0 Å². The summed E-state index contributed by atoms with van der Waals surface area (Å²) in [6.45, 7) is 4.33. The van der Waals surface area contributed by atoms with Gasteiger partial charge in [0, 0.05) is 27.2 Å². The zero-order valence-electron chi connectivity index (χ0n) is 11.0. The number of hydrogen-bond donors (Lipinski definition) is 1. The SMILES string of the molecule is CNC(Cc1cc(Br)cs1)c1ccc(C)cc1C. The molecule has 3 heteroatoms. The standard InChI is InChI=1S/C15H18BrNS/c1-10-4-5-14(11(2)6-10)15(17-3)8-13-7-12(16)9-18-13/h4-7,9,15,17H,8H2,1-3H3. The van der Waals surface area contributed by atoms with Gasteiger partial charge in [-0.15, -0.1) is 11.3 Å². The third kappa shape index (κ3) is 3.22. The first-order valence-corrected chi connectivity index (χ1v) is 7.74. The average molecular weight is 324 g/mol. The molecule has 0 aliphatic carbocycles. The number of hydrogen-bond acceptors (Lipinski definition) is 2. The molecule has 1 N–H and O–H groups in total. The van der Waals surface area contributed by atoms with Crippen LogP contribution in [-0.4, -0.2) is 7.05 Å². The fourth-order valence-electron chi connectivity index (χ4n) is 2.25. The quantitative estimate of drug-likeness (QED) is 0.864. The van der Waals surface area contributed by atoms with Gasteiger partial charge < -0.3 is 5.32 Å². The van der Waals surface area contributed by atoms with Crippen molar-refractivity contribution in [3.63, 3.8) is 0 Å². The van der Waals surface area contributed by atoms with E-state index in [1.807, 2.05) is 18.4 Å². The first-order chi connectivity index (χ1) is 8.60. The summed E-state index contributed by atoms with van der Waals surface area (Å²) in [7, 11) is 2.03. The molecule has 1 aromatic heterocycles. The van der Waals surface area contributed by atoms with Crippen LogP contribution in [0.2, 0.25) is 0 Å². The minimum absolute atomic E-state index is 0.385. The summed E-state index contributed by atoms with van der Waals surface area (Å²) in [5.74, 6) is 0. The van der Waals surface area contributed by atoms with Crippen molar-refractivity contribution in [3.05, 3.63) is 55.7 Å². The lowest BCUT2D eigenvalue weighted by atomic mass is 9.97. The highest BCUT2D eigenvalue weighted by atomic mass is 79.9. The number of rotatable bonds is 4. The van der Waals surface area contributed by atoms with E-state index in [4.69, 9.17) is 0 Å². The summed E-state index contributed by atoms with van der Waals surface area (Å²) in [5.41, 5.74) is 4.09. The molecular formula is C15H18BrNS. The summed E-state index contributed by atoms with van der Waals surface area (Å²) >= 11 is 5.32. The van der Waals surface area contributed by atoms with Crippen molar-refractivity contribution >= 4 is 27.3 Å². The van der Waals surface area contributed by atoms with Crippen LogP contribution in [0.1, 0.15) is 27.6 Å². The fourth-order valence-corrected chi connectivity index (χ4v) is 3.74. The molecule has 0 radical (unpaired) electrons. The number of halogens is 1. The van der Waals surface area contributed by atoms with Gasteiger partial charge in [-0.25, -0.2) is 0 Å². The lowest BCUT2D eigenvalue weighted by molar-refractivity contribution is 0.593. The molecule has 1 heterocycles. The van der Waals surface area contributed by atoms with Gasteiger partial charge in [-0.1, -0.05) is 23.8 Å². The Labute approximate surface area is 121 Å². The predicted molar refractivity (Wildman–Crippen MR) is 83.4 cm³/mol. The van der Waals surface area contributed by atoms with E-state index in [9.17, 15) is 0 Å². The summed E-state index contributed by atoms with van der Waals surface area (Å²) in [6.07, 6.45) is 1.04. The van der Waals surface area contributed by atoms with Gasteiger partial charge in [-0.3, -0.25) is 0 Å². The highest BCUT2D eigenvalue weighted by molar-refractivity contribution is 9.10. The lowest BCUT2D eigenvalue weighted by Crippen LogP contribution is -2.19. The molecule has 0 aliphatic rings. The topological polar surface area (TPSA) is 12.0 Å². The minimum atomic E-state index is 0.385. The van der Waals surface area contributed by atoms with Crippen molar-refractivity contribution in [1.29, 1.82) is 0 Å². The molecule has 1 aromatic carbocycles. The third-order valence-electron chi connectivity index (χ3n) is 3.18. The third-order valence-corrected chi connectivity index (χ3v) is 4.90. The molecule has 0 bridgehead atoms. The first-order valence-electron chi connectivity index (χ1n) is 6.07. The monoisotopic (exact) mass is 323 g/mol. The van der Waals surface area contributed by atoms with Crippen LogP contribution in [0.4, 0.5) is 0 Å². The summed E-state index contributed by atoms with van der Waals surface area (Å²) in [6, 6.07) is 9.28. The van der Waals surface area contributed by atoms with Crippen molar-refractivity contribution in [2.75, 3.05) is 7.05 Å². The first kappa shape index (κ1) is 13.8. The molecule has 0 spiro atoms. The molecule has 0 amide bonds. The van der Waals surface area contributed by atoms with Crippen molar-refractivity contribution in [3.8, 4) is 0 Å². The Hall–Kier alpha value is -0.640. The molecule has 2 aromatic rings. The average Bonchev–Trinajstić information content (AvgIpc) is 2.72. The molecule has 1 nitrogen and oxygen atoms in total. The number of nitrogens with one attached hydrogen (secondary N) is 1. The second-order valence-corrected chi connectivity index (χ2v) is 6.55. The molecule has 1 atom stereocenters. The van der Waals surface area contributed by atoms with Crippen molar-refractivity contribution in [1.82, 2.24) is 5.32 Å². The molecule has 0 saturated carbocycles. The van der Waals surface area contributed by atoms with Gasteiger partial charge in [-0.05, 0) is 54.0 Å². The van der Waals surface area contributed by atoms with Crippen LogP contribution in [0.3, 0.4) is 0 Å². The van der Waals surface area contributed by atoms with E-state index >= 15 is 0 Å². The van der Waals surface area contributed by atoms with Gasteiger partial charge in [-0.2, -0.15) is 0 Å². The summed E-state index contributed by atoms with van der Waals surface area (Å²) in [5, 5.41) is 5.57. The van der Waals surface area contributed by atoms with Crippen LogP contribution in [0.15, 0.2) is 34.1 Å². The van der Waals surface area contributed by atoms with Crippen LogP contribution in [0.5, 0.6) is 0 Å². The van der Waals surface area contributed by atoms with Gasteiger partial charge in [0.25, 0.3) is 0 Å². The van der Waals surface area contributed by atoms with Gasteiger partial charge in [0.1, 0.15) is 0 Å². The van der Waals surface area contributed by atoms with Gasteiger partial charge in [0.2, 0.25) is 0 Å². The lowest BCUT2D eigenvalue weighted by Gasteiger charge is -2.18. The largest absolute Gasteiger partial charge is 0.313 e. The van der Waals surface area contributed by atoms with E-state index in [-0.39, 0.29) is 0 Å². The number of benzene rings is 1. The number of likely N-dealkylation sites (N-methyl/N-ethyl adjacent to an activating group) is 1. The Kier molecular flexibility index (Phi) is 4.60. The van der Waals surface area contributed by atoms with E-state index in [2.05, 4.69) is 64.7 Å². The van der Waals surface area contributed by atoms with Gasteiger partial charge in [0.15, 0.2) is 0 Å². The normalized spacial score (nSPS) is 12.7. The van der Waals surface area contributed by atoms with Crippen LogP contribution in [0, 0.1) is 13.8 Å². The number of thiophene rings is 1. The number of aryl methyl sites for hydroxylation is 2. The second kappa shape index (κ2) is 6.00. The van der Waals surface area contributed by atoms with Crippen LogP contribution in [-0.2, 0) is 6.42 Å². The Bertz CT molecular complexity index is 533. The molecular weight excluding hydrogens is 306 g/mol. The molecule has 0 fully saturated rings. The molecule has 2 rings (SSSR count). The second-order valence-electron chi connectivity index (χ2n) is 4.64. The summed E-state index contributed by atoms with van der Waals surface area (Å²) < 4.78 is 1.18. The van der Waals surface area contributed by atoms with E-state index in [1.54, 1.807) is 0 Å². The zero-order chi connectivity index (χ0) is 13.1. The Morgan fingerprint density at radius 3 is 2.61 bits per heavy atom. The molecule has 0 saturated heterocycles. The highest BCUT2D eigenvalue weighted by Crippen LogP contribution is 2.27. The van der Waals surface area contributed by atoms with Crippen LogP contribution < -0.4 is 5.32 Å². The van der Waals surface area contributed by atoms with E-state index in [0.717, 1.165) is 6.42 Å². The highest BCUT2D eigenvalue weighted by Gasteiger charge is 2.13. The Morgan fingerprint density at radius 2 is 2.06 bits per heavy atom. The van der Waals surface area contributed by atoms with Crippen molar-refractivity contribution in [2.45, 2.75) is 26.3 Å². The maximum Gasteiger partial charge on any atom is 0.0368 e. The molecule has 0 aliphatic heterocycles. The predicted octanol–water partition coefficient (Wildman–Crippen LogP) is 4.63. The van der Waals surface area contributed by atoms with Gasteiger partial charge >= 0.3 is 0 Å². The summed E-state index contributed by atoms with van der Waals surface area (Å²) in [4.78, 5) is 1.40. The molecule has 96 valence electrons. The van der Waals surface area contributed by atoms with E-state index in [1.165, 1.54) is 26.0 Å². The maximum atomic E-state index is 3.51. The van der Waals surface area contributed by atoms with Crippen molar-refractivity contribution in [2.24, 2.45) is 0 Å². The Balaban J connectivity index is 2.22. The van der Waals surface area contributed by atoms with Gasteiger partial charge in [0.05, 0.1) is 0 Å². The maximum absolute atomic E-state index is 3.51. The van der Waals surface area contributed by atoms with E-state index in [0.29, 0.717) is 6.04 Å². The van der Waals surface area contributed by atoms with Crippen LogP contribution >= 0.6 is 27.3 Å². The van der Waals surface area contributed by atoms with E-state index < -0.39 is 0 Å². The molecule has 18 heavy (non-hydrogen) atoms.